The molecule has 0 saturated heterocycles. The van der Waals surface area contributed by atoms with Crippen LogP contribution in [-0.4, -0.2) is 7.11 Å². The number of allylic oxidation sites excluding steroid dienone is 7. The van der Waals surface area contributed by atoms with E-state index in [-0.39, 0.29) is 0 Å². The SMILES string of the molecule is C=C(/C=C\C(=C)C(=C)/C=C\C(=C)C(C)C)OC.CC. The zero-order valence-corrected chi connectivity index (χ0v) is 13.1. The van der Waals surface area contributed by atoms with Crippen LogP contribution in [0.3, 0.4) is 0 Å². The Kier molecular flexibility index (Phi) is 11.7. The van der Waals surface area contributed by atoms with Crippen molar-refractivity contribution in [3.63, 3.8) is 0 Å². The van der Waals surface area contributed by atoms with Crippen molar-refractivity contribution in [3.05, 3.63) is 73.1 Å². The molecule has 0 aliphatic heterocycles. The molecular formula is C18H28O. The minimum atomic E-state index is 0.441. The zero-order valence-electron chi connectivity index (χ0n) is 13.1. The second-order valence-electron chi connectivity index (χ2n) is 4.12. The molecule has 0 amide bonds. The van der Waals surface area contributed by atoms with Crippen LogP contribution >= 0.6 is 0 Å². The maximum Gasteiger partial charge on any atom is 0.111 e. The first-order chi connectivity index (χ1) is 8.88. The molecule has 0 aromatic carbocycles. The monoisotopic (exact) mass is 260 g/mol. The van der Waals surface area contributed by atoms with Gasteiger partial charge in [-0.1, -0.05) is 77.8 Å². The fourth-order valence-electron chi connectivity index (χ4n) is 0.876. The molecule has 0 rings (SSSR count). The Hall–Kier alpha value is -1.76. The van der Waals surface area contributed by atoms with Crippen molar-refractivity contribution >= 4 is 0 Å². The highest BCUT2D eigenvalue weighted by atomic mass is 16.5. The third-order valence-corrected chi connectivity index (χ3v) is 2.39. The molecule has 0 bridgehead atoms. The first kappa shape index (κ1) is 19.6. The molecule has 0 saturated carbocycles. The molecule has 0 atom stereocenters. The predicted octanol–water partition coefficient (Wildman–Crippen LogP) is 5.61. The van der Waals surface area contributed by atoms with E-state index in [4.69, 9.17) is 4.74 Å². The van der Waals surface area contributed by atoms with Gasteiger partial charge in [0.15, 0.2) is 0 Å². The lowest BCUT2D eigenvalue weighted by Crippen LogP contribution is -1.88. The Morgan fingerprint density at radius 1 is 0.842 bits per heavy atom. The maximum absolute atomic E-state index is 4.93. The average molecular weight is 260 g/mol. The van der Waals surface area contributed by atoms with E-state index in [1.165, 1.54) is 0 Å². The molecule has 19 heavy (non-hydrogen) atoms. The van der Waals surface area contributed by atoms with Gasteiger partial charge in [0.1, 0.15) is 5.76 Å². The molecule has 106 valence electrons. The summed E-state index contributed by atoms with van der Waals surface area (Å²) in [5.41, 5.74) is 2.76. The minimum Gasteiger partial charge on any atom is -0.497 e. The normalized spacial score (nSPS) is 10.2. The number of ether oxygens (including phenoxy) is 1. The minimum absolute atomic E-state index is 0.441. The Morgan fingerprint density at radius 2 is 1.26 bits per heavy atom. The molecule has 0 heterocycles. The van der Waals surface area contributed by atoms with E-state index in [0.29, 0.717) is 11.7 Å². The van der Waals surface area contributed by atoms with Gasteiger partial charge >= 0.3 is 0 Å². The summed E-state index contributed by atoms with van der Waals surface area (Å²) in [6, 6.07) is 0. The van der Waals surface area contributed by atoms with Gasteiger partial charge in [-0.2, -0.15) is 0 Å². The predicted molar refractivity (Wildman–Crippen MR) is 88.0 cm³/mol. The standard InChI is InChI=1S/C16H22O.C2H6/c1-12(2)13(3)8-9-14(4)15(5)10-11-16(6)17-7;1-2/h8-12H,3-6H2,1-2,7H3;1-2H3/b9-8-,11-10-;. The second-order valence-corrected chi connectivity index (χ2v) is 4.12. The lowest BCUT2D eigenvalue weighted by molar-refractivity contribution is 0.309. The van der Waals surface area contributed by atoms with Crippen LogP contribution in [0.2, 0.25) is 0 Å². The molecule has 0 aliphatic carbocycles. The van der Waals surface area contributed by atoms with Crippen molar-refractivity contribution in [2.75, 3.05) is 7.11 Å². The maximum atomic E-state index is 4.93. The molecule has 0 unspecified atom stereocenters. The number of hydrogen-bond acceptors (Lipinski definition) is 1. The summed E-state index contributed by atoms with van der Waals surface area (Å²) in [5, 5.41) is 0. The van der Waals surface area contributed by atoms with Gasteiger partial charge in [0.25, 0.3) is 0 Å². The molecule has 1 heteroatoms. The first-order valence-corrected chi connectivity index (χ1v) is 6.54. The Bertz CT molecular complexity index is 378. The molecule has 0 N–H and O–H groups in total. The molecule has 0 aromatic rings. The summed E-state index contributed by atoms with van der Waals surface area (Å²) in [7, 11) is 1.58. The van der Waals surface area contributed by atoms with Crippen LogP contribution < -0.4 is 0 Å². The fourth-order valence-corrected chi connectivity index (χ4v) is 0.876. The topological polar surface area (TPSA) is 9.23 Å². The third kappa shape index (κ3) is 9.90. The van der Waals surface area contributed by atoms with Gasteiger partial charge in [-0.25, -0.2) is 0 Å². The average Bonchev–Trinajstić information content (AvgIpc) is 2.42. The van der Waals surface area contributed by atoms with Gasteiger partial charge in [-0.15, -0.1) is 0 Å². The van der Waals surface area contributed by atoms with Crippen molar-refractivity contribution in [1.29, 1.82) is 0 Å². The van der Waals surface area contributed by atoms with Crippen LogP contribution in [0.25, 0.3) is 0 Å². The van der Waals surface area contributed by atoms with Crippen molar-refractivity contribution < 1.29 is 4.74 Å². The van der Waals surface area contributed by atoms with E-state index < -0.39 is 0 Å². The van der Waals surface area contributed by atoms with Gasteiger partial charge in [0.05, 0.1) is 7.11 Å². The second kappa shape index (κ2) is 11.3. The summed E-state index contributed by atoms with van der Waals surface area (Å²) in [6.07, 6.45) is 7.48. The summed E-state index contributed by atoms with van der Waals surface area (Å²) in [6.45, 7) is 23.7. The summed E-state index contributed by atoms with van der Waals surface area (Å²) in [4.78, 5) is 0. The van der Waals surface area contributed by atoms with Gasteiger partial charge in [-0.3, -0.25) is 0 Å². The van der Waals surface area contributed by atoms with E-state index in [1.54, 1.807) is 13.2 Å². The Labute approximate surface area is 119 Å². The summed E-state index contributed by atoms with van der Waals surface area (Å²) < 4.78 is 4.93. The van der Waals surface area contributed by atoms with Crippen molar-refractivity contribution in [1.82, 2.24) is 0 Å². The molecule has 0 spiro atoms. The number of hydrogen-bond donors (Lipinski definition) is 0. The highest BCUT2D eigenvalue weighted by molar-refractivity contribution is 5.45. The van der Waals surface area contributed by atoms with E-state index in [2.05, 4.69) is 40.2 Å². The van der Waals surface area contributed by atoms with Crippen LogP contribution in [0.5, 0.6) is 0 Å². The molecule has 0 aromatic heterocycles. The van der Waals surface area contributed by atoms with Crippen LogP contribution in [0, 0.1) is 5.92 Å². The van der Waals surface area contributed by atoms with E-state index >= 15 is 0 Å². The lowest BCUT2D eigenvalue weighted by atomic mass is 10.0. The summed E-state index contributed by atoms with van der Waals surface area (Å²) in [5.74, 6) is 1.03. The lowest BCUT2D eigenvalue weighted by Gasteiger charge is -2.04. The Morgan fingerprint density at radius 3 is 1.63 bits per heavy atom. The Balaban J connectivity index is 0. The quantitative estimate of drug-likeness (QED) is 0.427. The molecule has 0 fully saturated rings. The molecular weight excluding hydrogens is 232 g/mol. The van der Waals surface area contributed by atoms with Crippen molar-refractivity contribution in [3.8, 4) is 0 Å². The van der Waals surface area contributed by atoms with Crippen LogP contribution in [0.15, 0.2) is 73.1 Å². The van der Waals surface area contributed by atoms with Crippen LogP contribution in [0.4, 0.5) is 0 Å². The highest BCUT2D eigenvalue weighted by Crippen LogP contribution is 2.13. The van der Waals surface area contributed by atoms with Gasteiger partial charge < -0.3 is 4.74 Å². The van der Waals surface area contributed by atoms with Gasteiger partial charge in [0.2, 0.25) is 0 Å². The van der Waals surface area contributed by atoms with Crippen molar-refractivity contribution in [2.45, 2.75) is 27.7 Å². The van der Waals surface area contributed by atoms with E-state index in [1.807, 2.05) is 32.1 Å². The third-order valence-electron chi connectivity index (χ3n) is 2.39. The molecule has 0 radical (unpaired) electrons. The molecule has 1 nitrogen and oxygen atoms in total. The van der Waals surface area contributed by atoms with Crippen LogP contribution in [0.1, 0.15) is 27.7 Å². The summed E-state index contributed by atoms with van der Waals surface area (Å²) >= 11 is 0. The highest BCUT2D eigenvalue weighted by Gasteiger charge is 1.96. The van der Waals surface area contributed by atoms with Gasteiger partial charge in [0, 0.05) is 0 Å². The zero-order chi connectivity index (χ0) is 15.4. The smallest absolute Gasteiger partial charge is 0.111 e. The van der Waals surface area contributed by atoms with E-state index in [9.17, 15) is 0 Å². The van der Waals surface area contributed by atoms with Crippen molar-refractivity contribution in [2.24, 2.45) is 5.92 Å². The van der Waals surface area contributed by atoms with E-state index in [0.717, 1.165) is 16.7 Å². The number of rotatable bonds is 7. The van der Waals surface area contributed by atoms with Gasteiger partial charge in [-0.05, 0) is 23.1 Å². The number of methoxy groups -OCH3 is 1. The fraction of sp³-hybridized carbons (Fsp3) is 0.333. The van der Waals surface area contributed by atoms with Crippen LogP contribution in [-0.2, 0) is 4.74 Å². The largest absolute Gasteiger partial charge is 0.497 e. The molecule has 0 aliphatic rings. The first-order valence-electron chi connectivity index (χ1n) is 6.54.